The molecule has 1 amide bonds. The van der Waals surface area contributed by atoms with Crippen molar-refractivity contribution in [3.05, 3.63) is 34.3 Å². The predicted octanol–water partition coefficient (Wildman–Crippen LogP) is 2.14. The highest BCUT2D eigenvalue weighted by atomic mass is 79.9. The quantitative estimate of drug-likeness (QED) is 0.760. The zero-order chi connectivity index (χ0) is 15.0. The van der Waals surface area contributed by atoms with Crippen LogP contribution in [0.2, 0.25) is 0 Å². The van der Waals surface area contributed by atoms with Crippen LogP contribution in [0.4, 0.5) is 0 Å². The number of aliphatic hydroxyl groups excluding tert-OH is 1. The second-order valence-electron chi connectivity index (χ2n) is 5.20. The van der Waals surface area contributed by atoms with E-state index >= 15 is 0 Å². The van der Waals surface area contributed by atoms with Crippen LogP contribution < -0.4 is 5.32 Å². The van der Waals surface area contributed by atoms with Crippen molar-refractivity contribution in [3.8, 4) is 0 Å². The monoisotopic (exact) mass is 343 g/mol. The van der Waals surface area contributed by atoms with Gasteiger partial charge in [-0.1, -0.05) is 41.9 Å². The third kappa shape index (κ3) is 7.62. The van der Waals surface area contributed by atoms with Crippen molar-refractivity contribution >= 4 is 21.8 Å². The highest BCUT2D eigenvalue weighted by Gasteiger charge is 2.08. The van der Waals surface area contributed by atoms with E-state index in [2.05, 4.69) is 21.2 Å². The van der Waals surface area contributed by atoms with Crippen LogP contribution in [0.15, 0.2) is 28.7 Å². The van der Waals surface area contributed by atoms with Crippen molar-refractivity contribution in [2.24, 2.45) is 5.92 Å². The van der Waals surface area contributed by atoms with E-state index in [1.807, 2.05) is 38.1 Å². The van der Waals surface area contributed by atoms with E-state index in [0.29, 0.717) is 18.9 Å². The molecule has 0 spiro atoms. The summed E-state index contributed by atoms with van der Waals surface area (Å²) in [5, 5.41) is 12.4. The predicted molar refractivity (Wildman–Crippen MR) is 82.5 cm³/mol. The van der Waals surface area contributed by atoms with Crippen LogP contribution in [0, 0.1) is 5.92 Å². The van der Waals surface area contributed by atoms with Crippen molar-refractivity contribution in [2.75, 3.05) is 19.8 Å². The second-order valence-corrected chi connectivity index (χ2v) is 6.11. The summed E-state index contributed by atoms with van der Waals surface area (Å²) in [5.74, 6) is 0.333. The van der Waals surface area contributed by atoms with E-state index in [9.17, 15) is 9.90 Å². The van der Waals surface area contributed by atoms with Gasteiger partial charge in [-0.3, -0.25) is 4.79 Å². The first-order chi connectivity index (χ1) is 9.47. The highest BCUT2D eigenvalue weighted by molar-refractivity contribution is 9.10. The first-order valence-corrected chi connectivity index (χ1v) is 7.53. The summed E-state index contributed by atoms with van der Waals surface area (Å²) < 4.78 is 6.26. The van der Waals surface area contributed by atoms with Gasteiger partial charge in [-0.25, -0.2) is 0 Å². The van der Waals surface area contributed by atoms with E-state index in [1.165, 1.54) is 0 Å². The average Bonchev–Trinajstić information content (AvgIpc) is 2.36. The Morgan fingerprint density at radius 2 is 2.15 bits per heavy atom. The molecule has 5 heteroatoms. The Morgan fingerprint density at radius 1 is 1.40 bits per heavy atom. The third-order valence-corrected chi connectivity index (χ3v) is 3.04. The van der Waals surface area contributed by atoms with Gasteiger partial charge < -0.3 is 15.2 Å². The molecule has 0 saturated heterocycles. The van der Waals surface area contributed by atoms with Gasteiger partial charge in [0.05, 0.1) is 19.1 Å². The Hall–Kier alpha value is -0.910. The van der Waals surface area contributed by atoms with Crippen LogP contribution in [0.1, 0.15) is 19.4 Å². The average molecular weight is 344 g/mol. The number of rotatable bonds is 8. The number of carbonyl (C=O) groups is 1. The van der Waals surface area contributed by atoms with Gasteiger partial charge in [-0.15, -0.1) is 0 Å². The molecule has 4 nitrogen and oxygen atoms in total. The van der Waals surface area contributed by atoms with Crippen LogP contribution in [-0.4, -0.2) is 36.9 Å². The Labute approximate surface area is 128 Å². The third-order valence-electron chi connectivity index (χ3n) is 2.55. The fraction of sp³-hybridized carbons (Fsp3) is 0.533. The molecule has 2 N–H and O–H groups in total. The maximum absolute atomic E-state index is 11.7. The standard InChI is InChI=1S/C15H22BrNO3/c1-11(2)9-20-10-14(18)8-17-15(19)7-12-4-3-5-13(16)6-12/h3-6,11,14,18H,7-10H2,1-2H3,(H,17,19). The van der Waals surface area contributed by atoms with E-state index in [1.54, 1.807) is 0 Å². The fourth-order valence-electron chi connectivity index (χ4n) is 1.63. The lowest BCUT2D eigenvalue weighted by atomic mass is 10.1. The van der Waals surface area contributed by atoms with Gasteiger partial charge in [0, 0.05) is 17.6 Å². The van der Waals surface area contributed by atoms with E-state index < -0.39 is 6.10 Å². The van der Waals surface area contributed by atoms with Gasteiger partial charge >= 0.3 is 0 Å². The van der Waals surface area contributed by atoms with Crippen LogP contribution >= 0.6 is 15.9 Å². The highest BCUT2D eigenvalue weighted by Crippen LogP contribution is 2.11. The molecule has 0 aliphatic heterocycles. The molecule has 0 saturated carbocycles. The minimum Gasteiger partial charge on any atom is -0.389 e. The zero-order valence-corrected chi connectivity index (χ0v) is 13.5. The van der Waals surface area contributed by atoms with Gasteiger partial charge in [0.2, 0.25) is 5.91 Å². The molecule has 112 valence electrons. The summed E-state index contributed by atoms with van der Waals surface area (Å²) in [6, 6.07) is 7.60. The lowest BCUT2D eigenvalue weighted by molar-refractivity contribution is -0.121. The lowest BCUT2D eigenvalue weighted by Gasteiger charge is -2.13. The summed E-state index contributed by atoms with van der Waals surface area (Å²) in [4.78, 5) is 11.7. The number of carbonyl (C=O) groups excluding carboxylic acids is 1. The SMILES string of the molecule is CC(C)COCC(O)CNC(=O)Cc1cccc(Br)c1. The minimum absolute atomic E-state index is 0.106. The molecule has 1 aromatic rings. The molecule has 0 fully saturated rings. The molecular weight excluding hydrogens is 322 g/mol. The Kier molecular flexibility index (Phi) is 7.80. The fourth-order valence-corrected chi connectivity index (χ4v) is 2.07. The van der Waals surface area contributed by atoms with Crippen molar-refractivity contribution in [1.82, 2.24) is 5.32 Å². The summed E-state index contributed by atoms with van der Waals surface area (Å²) in [7, 11) is 0. The lowest BCUT2D eigenvalue weighted by Crippen LogP contribution is -2.35. The first-order valence-electron chi connectivity index (χ1n) is 6.74. The van der Waals surface area contributed by atoms with Gasteiger partial charge in [-0.05, 0) is 23.6 Å². The molecular formula is C15H22BrNO3. The van der Waals surface area contributed by atoms with Gasteiger partial charge in [0.15, 0.2) is 0 Å². The number of hydrogen-bond acceptors (Lipinski definition) is 3. The molecule has 0 aliphatic rings. The van der Waals surface area contributed by atoms with Crippen LogP contribution in [0.5, 0.6) is 0 Å². The van der Waals surface area contributed by atoms with Crippen LogP contribution in [-0.2, 0) is 16.0 Å². The van der Waals surface area contributed by atoms with Crippen molar-refractivity contribution in [2.45, 2.75) is 26.4 Å². The molecule has 20 heavy (non-hydrogen) atoms. The normalized spacial score (nSPS) is 12.4. The van der Waals surface area contributed by atoms with E-state index in [4.69, 9.17) is 4.74 Å². The van der Waals surface area contributed by atoms with Gasteiger partial charge in [0.25, 0.3) is 0 Å². The van der Waals surface area contributed by atoms with Crippen LogP contribution in [0.25, 0.3) is 0 Å². The Bertz CT molecular complexity index is 423. The topological polar surface area (TPSA) is 58.6 Å². The molecule has 0 aromatic heterocycles. The number of amides is 1. The molecule has 0 bridgehead atoms. The minimum atomic E-state index is -0.666. The molecule has 1 unspecified atom stereocenters. The number of halogens is 1. The number of nitrogens with one attached hydrogen (secondary N) is 1. The molecule has 1 atom stereocenters. The summed E-state index contributed by atoms with van der Waals surface area (Å²) in [6.45, 7) is 5.17. The summed E-state index contributed by atoms with van der Waals surface area (Å²) in [5.41, 5.74) is 0.933. The number of hydrogen-bond donors (Lipinski definition) is 2. The van der Waals surface area contributed by atoms with Gasteiger partial charge in [0.1, 0.15) is 0 Å². The molecule has 0 heterocycles. The molecule has 1 rings (SSSR count). The van der Waals surface area contributed by atoms with Gasteiger partial charge in [-0.2, -0.15) is 0 Å². The van der Waals surface area contributed by atoms with Crippen molar-refractivity contribution in [1.29, 1.82) is 0 Å². The summed E-state index contributed by atoms with van der Waals surface area (Å²) >= 11 is 3.37. The molecule has 0 radical (unpaired) electrons. The maximum Gasteiger partial charge on any atom is 0.224 e. The van der Waals surface area contributed by atoms with E-state index in [0.717, 1.165) is 10.0 Å². The molecule has 0 aliphatic carbocycles. The largest absolute Gasteiger partial charge is 0.389 e. The van der Waals surface area contributed by atoms with Crippen molar-refractivity contribution in [3.63, 3.8) is 0 Å². The zero-order valence-electron chi connectivity index (χ0n) is 11.9. The second kappa shape index (κ2) is 9.10. The van der Waals surface area contributed by atoms with E-state index in [-0.39, 0.29) is 19.1 Å². The number of aliphatic hydroxyl groups is 1. The number of ether oxygens (including phenoxy) is 1. The Balaban J connectivity index is 2.22. The number of benzene rings is 1. The van der Waals surface area contributed by atoms with Crippen LogP contribution in [0.3, 0.4) is 0 Å². The first kappa shape index (κ1) is 17.1. The summed E-state index contributed by atoms with van der Waals surface area (Å²) in [6.07, 6.45) is -0.362. The molecule has 1 aromatic carbocycles. The smallest absolute Gasteiger partial charge is 0.224 e. The maximum atomic E-state index is 11.7. The Morgan fingerprint density at radius 3 is 2.80 bits per heavy atom. The van der Waals surface area contributed by atoms with Crippen molar-refractivity contribution < 1.29 is 14.6 Å².